The maximum absolute atomic E-state index is 13.9. The van der Waals surface area contributed by atoms with E-state index < -0.39 is 72.6 Å². The van der Waals surface area contributed by atoms with Gasteiger partial charge >= 0.3 is 59.7 Å². The van der Waals surface area contributed by atoms with Crippen molar-refractivity contribution in [3.8, 4) is 5.75 Å². The van der Waals surface area contributed by atoms with Gasteiger partial charge in [0.25, 0.3) is 0 Å². The topological polar surface area (TPSA) is 35.5 Å². The van der Waals surface area contributed by atoms with Crippen molar-refractivity contribution in [2.24, 2.45) is 0 Å². The van der Waals surface area contributed by atoms with Crippen LogP contribution in [-0.2, 0) is 9.53 Å². The fourth-order valence-electron chi connectivity index (χ4n) is 2.76. The Balaban J connectivity index is 3.43. The predicted octanol–water partition coefficient (Wildman–Crippen LogP) is 8.63. The van der Waals surface area contributed by atoms with Gasteiger partial charge in [-0.3, -0.25) is 0 Å². The Morgan fingerprint density at radius 3 is 1.40 bits per heavy atom. The number of hydrogen-bond donors (Lipinski definition) is 0. The first-order valence-electron chi connectivity index (χ1n) is 10.5. The molecule has 248 valence electrons. The van der Waals surface area contributed by atoms with Gasteiger partial charge in [-0.25, -0.2) is 4.79 Å². The lowest BCUT2D eigenvalue weighted by molar-refractivity contribution is -0.468. The van der Waals surface area contributed by atoms with Crippen LogP contribution in [0.3, 0.4) is 0 Å². The van der Waals surface area contributed by atoms with Gasteiger partial charge in [0.2, 0.25) is 0 Å². The van der Waals surface area contributed by atoms with Crippen LogP contribution in [-0.4, -0.2) is 66.8 Å². The zero-order valence-electron chi connectivity index (χ0n) is 20.3. The van der Waals surface area contributed by atoms with Crippen LogP contribution in [0.4, 0.5) is 83.4 Å². The third-order valence-corrected chi connectivity index (χ3v) is 5.28. The minimum Gasteiger partial charge on any atom is -0.497 e. The lowest BCUT2D eigenvalue weighted by Gasteiger charge is -2.43. The molecule has 1 aromatic rings. The van der Waals surface area contributed by atoms with Crippen LogP contribution >= 0.6 is 0 Å². The first-order chi connectivity index (χ1) is 18.9. The Bertz CT molecular complexity index is 1150. The summed E-state index contributed by atoms with van der Waals surface area (Å²) in [5, 5.41) is 0. The number of methoxy groups -OCH3 is 1. The van der Waals surface area contributed by atoms with Crippen molar-refractivity contribution in [2.45, 2.75) is 66.6 Å². The standard InChI is InChI=1S/C21H13F19O3/c1-42-11-5-2-10(3-6-11)4-7-12(41)43-21(39,40)20(37,38)19(35,36)18(33,34)17(31,32)16(29,30)15(27,28)13(22,23)8-9-14(24,25)26/h2-7H,8-9H2,1H3. The molecule has 0 aliphatic carbocycles. The summed E-state index contributed by atoms with van der Waals surface area (Å²) >= 11 is 0. The number of carbonyl (C=O) groups excluding carboxylic acids is 1. The highest BCUT2D eigenvalue weighted by Gasteiger charge is 2.95. The number of hydrogen-bond acceptors (Lipinski definition) is 3. The Morgan fingerprint density at radius 2 is 1.00 bits per heavy atom. The minimum atomic E-state index is -8.83. The van der Waals surface area contributed by atoms with E-state index in [1.54, 1.807) is 0 Å². The number of alkyl halides is 19. The van der Waals surface area contributed by atoms with Crippen molar-refractivity contribution < 1.29 is 97.7 Å². The largest absolute Gasteiger partial charge is 0.497 e. The second-order valence-corrected chi connectivity index (χ2v) is 8.31. The number of ether oxygens (including phenoxy) is 2. The van der Waals surface area contributed by atoms with E-state index in [1.165, 1.54) is 7.11 Å². The fourth-order valence-corrected chi connectivity index (χ4v) is 2.76. The van der Waals surface area contributed by atoms with Crippen molar-refractivity contribution in [3.05, 3.63) is 35.9 Å². The smallest absolute Gasteiger partial charge is 0.473 e. The lowest BCUT2D eigenvalue weighted by Crippen LogP contribution is -2.75. The minimum absolute atomic E-state index is 0.153. The maximum Gasteiger partial charge on any atom is 0.473 e. The molecule has 0 radical (unpaired) electrons. The van der Waals surface area contributed by atoms with E-state index in [2.05, 4.69) is 4.74 Å². The molecule has 0 amide bonds. The van der Waals surface area contributed by atoms with Crippen molar-refractivity contribution in [1.29, 1.82) is 0 Å². The quantitative estimate of drug-likeness (QED) is 0.120. The van der Waals surface area contributed by atoms with Gasteiger partial charge < -0.3 is 9.47 Å². The Morgan fingerprint density at radius 1 is 0.605 bits per heavy atom. The van der Waals surface area contributed by atoms with Crippen LogP contribution in [0.5, 0.6) is 5.75 Å². The SMILES string of the molecule is COc1ccc(C=CC(=O)OC(F)(F)C(F)(F)C(F)(F)C(F)(F)C(F)(F)C(F)(F)C(F)(F)C(F)(F)CCC(F)(F)F)cc1. The highest BCUT2D eigenvalue weighted by molar-refractivity contribution is 5.87. The second kappa shape index (κ2) is 11.4. The van der Waals surface area contributed by atoms with Gasteiger partial charge in [-0.1, -0.05) is 12.1 Å². The second-order valence-electron chi connectivity index (χ2n) is 8.31. The summed E-state index contributed by atoms with van der Waals surface area (Å²) in [6, 6.07) is 4.41. The molecule has 1 rings (SSSR count). The molecule has 0 saturated heterocycles. The van der Waals surface area contributed by atoms with Crippen molar-refractivity contribution >= 4 is 12.0 Å². The highest BCUT2D eigenvalue weighted by Crippen LogP contribution is 2.64. The van der Waals surface area contributed by atoms with Gasteiger partial charge in [-0.2, -0.15) is 83.4 Å². The molecule has 22 heteroatoms. The Kier molecular flexibility index (Phi) is 10.1. The number of carbonyl (C=O) groups is 1. The Hall–Kier alpha value is -3.10. The van der Waals surface area contributed by atoms with E-state index in [-0.39, 0.29) is 17.4 Å². The van der Waals surface area contributed by atoms with Gasteiger partial charge in [0, 0.05) is 18.9 Å². The molecule has 0 unspecified atom stereocenters. The third kappa shape index (κ3) is 6.70. The van der Waals surface area contributed by atoms with Crippen LogP contribution in [0.25, 0.3) is 6.08 Å². The highest BCUT2D eigenvalue weighted by atomic mass is 19.4. The number of rotatable bonds is 13. The zero-order valence-corrected chi connectivity index (χ0v) is 20.3. The van der Waals surface area contributed by atoms with Crippen molar-refractivity contribution in [3.63, 3.8) is 0 Å². The monoisotopic (exact) mass is 674 g/mol. The van der Waals surface area contributed by atoms with Crippen molar-refractivity contribution in [2.75, 3.05) is 7.11 Å². The number of esters is 1. The maximum atomic E-state index is 13.9. The van der Waals surface area contributed by atoms with Crippen LogP contribution in [0.1, 0.15) is 18.4 Å². The average Bonchev–Trinajstić information content (AvgIpc) is 2.85. The molecule has 0 saturated carbocycles. The first-order valence-corrected chi connectivity index (χ1v) is 10.5. The van der Waals surface area contributed by atoms with Gasteiger partial charge in [0.05, 0.1) is 7.11 Å². The van der Waals surface area contributed by atoms with E-state index in [1.807, 2.05) is 0 Å². The molecule has 0 atom stereocenters. The summed E-state index contributed by atoms with van der Waals surface area (Å²) in [4.78, 5) is 11.4. The molecule has 0 fully saturated rings. The van der Waals surface area contributed by atoms with Gasteiger partial charge in [-0.15, -0.1) is 0 Å². The molecule has 43 heavy (non-hydrogen) atoms. The van der Waals surface area contributed by atoms with E-state index in [4.69, 9.17) is 4.74 Å². The van der Waals surface area contributed by atoms with E-state index >= 15 is 0 Å². The fraction of sp³-hybridized carbons (Fsp3) is 0.571. The van der Waals surface area contributed by atoms with E-state index in [0.29, 0.717) is 6.08 Å². The molecule has 1 aromatic carbocycles. The summed E-state index contributed by atoms with van der Waals surface area (Å²) in [5.74, 6) is -60.9. The van der Waals surface area contributed by atoms with Crippen LogP contribution in [0.2, 0.25) is 0 Å². The summed E-state index contributed by atoms with van der Waals surface area (Å²) < 4.78 is 263. The molecular weight excluding hydrogens is 661 g/mol. The van der Waals surface area contributed by atoms with Gasteiger partial charge in [-0.05, 0) is 23.8 Å². The zero-order chi connectivity index (χ0) is 34.3. The van der Waals surface area contributed by atoms with Gasteiger partial charge in [0.15, 0.2) is 0 Å². The first kappa shape index (κ1) is 37.9. The molecule has 0 aromatic heterocycles. The summed E-state index contributed by atoms with van der Waals surface area (Å²) in [6.07, 6.45) is -19.7. The molecule has 0 N–H and O–H groups in total. The van der Waals surface area contributed by atoms with Crippen LogP contribution in [0.15, 0.2) is 30.3 Å². The molecule has 0 heterocycles. The lowest BCUT2D eigenvalue weighted by atomic mass is 9.88. The number of halogens is 19. The summed E-state index contributed by atoms with van der Waals surface area (Å²) in [7, 11) is 1.18. The predicted molar refractivity (Wildman–Crippen MR) is 103 cm³/mol. The molecule has 3 nitrogen and oxygen atoms in total. The molecule has 0 aliphatic heterocycles. The number of benzene rings is 1. The molecule has 0 spiro atoms. The Labute approximate surface area is 226 Å². The van der Waals surface area contributed by atoms with E-state index in [9.17, 15) is 88.2 Å². The summed E-state index contributed by atoms with van der Waals surface area (Å²) in [5.41, 5.74) is -0.153. The molecule has 0 bridgehead atoms. The van der Waals surface area contributed by atoms with E-state index in [0.717, 1.165) is 24.3 Å². The van der Waals surface area contributed by atoms with Gasteiger partial charge in [0.1, 0.15) is 5.75 Å². The van der Waals surface area contributed by atoms with Crippen LogP contribution in [0, 0.1) is 0 Å². The third-order valence-electron chi connectivity index (χ3n) is 5.28. The van der Waals surface area contributed by atoms with Crippen LogP contribution < -0.4 is 4.74 Å². The molecular formula is C21H13F19O3. The molecule has 0 aliphatic rings. The average molecular weight is 674 g/mol. The summed E-state index contributed by atoms with van der Waals surface area (Å²) in [6.45, 7) is 0. The normalized spacial score (nSPS) is 15.2. The van der Waals surface area contributed by atoms with Crippen molar-refractivity contribution in [1.82, 2.24) is 0 Å².